The highest BCUT2D eigenvalue weighted by Gasteiger charge is 2.12. The molecule has 6 heteroatoms. The van der Waals surface area contributed by atoms with Crippen LogP contribution in [0.2, 0.25) is 0 Å². The van der Waals surface area contributed by atoms with Crippen LogP contribution < -0.4 is 15.5 Å². The zero-order valence-electron chi connectivity index (χ0n) is 14.9. The largest absolute Gasteiger partial charge is 0.357 e. The first kappa shape index (κ1) is 17.7. The summed E-state index contributed by atoms with van der Waals surface area (Å²) in [6, 6.07) is 8.44. The van der Waals surface area contributed by atoms with E-state index in [1.807, 2.05) is 6.20 Å². The Kier molecular flexibility index (Phi) is 6.68. The fourth-order valence-electron chi connectivity index (χ4n) is 2.95. The number of rotatable bonds is 6. The van der Waals surface area contributed by atoms with E-state index in [1.54, 1.807) is 11.3 Å². The van der Waals surface area contributed by atoms with Crippen molar-refractivity contribution in [3.8, 4) is 0 Å². The molecule has 0 bridgehead atoms. The maximum absolute atomic E-state index is 4.72. The third-order valence-corrected chi connectivity index (χ3v) is 5.14. The van der Waals surface area contributed by atoms with Gasteiger partial charge < -0.3 is 15.5 Å². The predicted molar refractivity (Wildman–Crippen MR) is 106 cm³/mol. The van der Waals surface area contributed by atoms with Gasteiger partial charge in [0, 0.05) is 30.7 Å². The van der Waals surface area contributed by atoms with Gasteiger partial charge in [-0.05, 0) is 55.3 Å². The monoisotopic (exact) mass is 357 g/mol. The minimum absolute atomic E-state index is 0.656. The lowest BCUT2D eigenvalue weighted by Gasteiger charge is -2.27. The van der Waals surface area contributed by atoms with E-state index in [2.05, 4.69) is 57.1 Å². The molecule has 0 aliphatic carbocycles. The normalized spacial score (nSPS) is 15.2. The van der Waals surface area contributed by atoms with Crippen molar-refractivity contribution in [1.82, 2.24) is 15.6 Å². The van der Waals surface area contributed by atoms with Crippen molar-refractivity contribution in [3.05, 3.63) is 46.3 Å². The maximum Gasteiger partial charge on any atom is 0.191 e. The molecule has 0 radical (unpaired) electrons. The van der Waals surface area contributed by atoms with Gasteiger partial charge in [-0.2, -0.15) is 0 Å². The van der Waals surface area contributed by atoms with Crippen molar-refractivity contribution in [1.29, 1.82) is 0 Å². The number of hydrogen-bond donors (Lipinski definition) is 2. The van der Waals surface area contributed by atoms with E-state index in [0.29, 0.717) is 6.54 Å². The van der Waals surface area contributed by atoms with E-state index in [4.69, 9.17) is 4.99 Å². The van der Waals surface area contributed by atoms with E-state index in [9.17, 15) is 0 Å². The average molecular weight is 358 g/mol. The van der Waals surface area contributed by atoms with E-state index in [0.717, 1.165) is 38.0 Å². The SMILES string of the molecule is CCNC(=NCc1ccnc(N2CCCCC2)c1)NCc1cccs1. The molecule has 1 saturated heterocycles. The summed E-state index contributed by atoms with van der Waals surface area (Å²) in [4.78, 5) is 13.0. The van der Waals surface area contributed by atoms with Crippen LogP contribution in [0.25, 0.3) is 0 Å². The first-order valence-corrected chi connectivity index (χ1v) is 9.97. The Morgan fingerprint density at radius 3 is 2.88 bits per heavy atom. The van der Waals surface area contributed by atoms with Gasteiger partial charge in [0.1, 0.15) is 5.82 Å². The number of guanidine groups is 1. The molecule has 3 rings (SSSR count). The van der Waals surface area contributed by atoms with Crippen molar-refractivity contribution in [2.45, 2.75) is 39.3 Å². The van der Waals surface area contributed by atoms with Crippen molar-refractivity contribution in [2.75, 3.05) is 24.5 Å². The highest BCUT2D eigenvalue weighted by atomic mass is 32.1. The maximum atomic E-state index is 4.72. The molecule has 25 heavy (non-hydrogen) atoms. The van der Waals surface area contributed by atoms with Crippen LogP contribution in [-0.2, 0) is 13.1 Å². The van der Waals surface area contributed by atoms with Crippen LogP contribution in [0.1, 0.15) is 36.6 Å². The number of hydrogen-bond acceptors (Lipinski definition) is 4. The van der Waals surface area contributed by atoms with Crippen molar-refractivity contribution in [3.63, 3.8) is 0 Å². The fraction of sp³-hybridized carbons (Fsp3) is 0.474. The summed E-state index contributed by atoms with van der Waals surface area (Å²) in [5.74, 6) is 1.94. The topological polar surface area (TPSA) is 52.6 Å². The number of aliphatic imine (C=N–C) groups is 1. The number of aromatic nitrogens is 1. The number of nitrogens with zero attached hydrogens (tertiary/aromatic N) is 3. The molecule has 5 nitrogen and oxygen atoms in total. The number of thiophene rings is 1. The van der Waals surface area contributed by atoms with Gasteiger partial charge in [0.05, 0.1) is 13.1 Å². The molecular weight excluding hydrogens is 330 g/mol. The molecule has 2 aromatic heterocycles. The van der Waals surface area contributed by atoms with Gasteiger partial charge in [0.25, 0.3) is 0 Å². The van der Waals surface area contributed by atoms with Gasteiger partial charge in [0.2, 0.25) is 0 Å². The third kappa shape index (κ3) is 5.46. The second kappa shape index (κ2) is 9.42. The van der Waals surface area contributed by atoms with Gasteiger partial charge in [-0.1, -0.05) is 6.07 Å². The van der Waals surface area contributed by atoms with Gasteiger partial charge in [-0.25, -0.2) is 9.98 Å². The highest BCUT2D eigenvalue weighted by molar-refractivity contribution is 7.09. The summed E-state index contributed by atoms with van der Waals surface area (Å²) < 4.78 is 0. The Bertz CT molecular complexity index is 662. The van der Waals surface area contributed by atoms with Crippen LogP contribution >= 0.6 is 11.3 Å². The molecule has 0 amide bonds. The highest BCUT2D eigenvalue weighted by Crippen LogP contribution is 2.18. The quantitative estimate of drug-likeness (QED) is 0.615. The molecular formula is C19H27N5S. The second-order valence-electron chi connectivity index (χ2n) is 6.20. The van der Waals surface area contributed by atoms with Crippen LogP contribution in [-0.4, -0.2) is 30.6 Å². The first-order chi connectivity index (χ1) is 12.3. The summed E-state index contributed by atoms with van der Waals surface area (Å²) in [5, 5.41) is 8.80. The van der Waals surface area contributed by atoms with Crippen LogP contribution in [0.5, 0.6) is 0 Å². The van der Waals surface area contributed by atoms with Gasteiger partial charge >= 0.3 is 0 Å². The summed E-state index contributed by atoms with van der Waals surface area (Å²) >= 11 is 1.76. The molecule has 0 atom stereocenters. The van der Waals surface area contributed by atoms with E-state index >= 15 is 0 Å². The number of nitrogens with one attached hydrogen (secondary N) is 2. The van der Waals surface area contributed by atoms with Crippen LogP contribution in [0.3, 0.4) is 0 Å². The molecule has 2 N–H and O–H groups in total. The van der Waals surface area contributed by atoms with E-state index in [1.165, 1.54) is 29.7 Å². The molecule has 3 heterocycles. The predicted octanol–water partition coefficient (Wildman–Crippen LogP) is 3.39. The van der Waals surface area contributed by atoms with E-state index < -0.39 is 0 Å². The smallest absolute Gasteiger partial charge is 0.191 e. The standard InChI is InChI=1S/C19H27N5S/c1-2-20-19(23-15-17-7-6-12-25-17)22-14-16-8-9-21-18(13-16)24-10-4-3-5-11-24/h6-9,12-13H,2-5,10-11,14-15H2,1H3,(H2,20,22,23). The zero-order valence-corrected chi connectivity index (χ0v) is 15.7. The van der Waals surface area contributed by atoms with Crippen molar-refractivity contribution < 1.29 is 0 Å². The minimum Gasteiger partial charge on any atom is -0.357 e. The lowest BCUT2D eigenvalue weighted by atomic mass is 10.1. The Labute approximate surface area is 154 Å². The Hall–Kier alpha value is -2.08. The van der Waals surface area contributed by atoms with Gasteiger partial charge in [-0.3, -0.25) is 0 Å². The van der Waals surface area contributed by atoms with Crippen LogP contribution in [0.4, 0.5) is 5.82 Å². The number of pyridine rings is 1. The lowest BCUT2D eigenvalue weighted by Crippen LogP contribution is -2.36. The second-order valence-corrected chi connectivity index (χ2v) is 7.23. The lowest BCUT2D eigenvalue weighted by molar-refractivity contribution is 0.573. The minimum atomic E-state index is 0.656. The Balaban J connectivity index is 1.61. The summed E-state index contributed by atoms with van der Waals surface area (Å²) in [6.07, 6.45) is 5.77. The summed E-state index contributed by atoms with van der Waals surface area (Å²) in [7, 11) is 0. The van der Waals surface area contributed by atoms with Crippen molar-refractivity contribution >= 4 is 23.1 Å². The molecule has 1 fully saturated rings. The third-order valence-electron chi connectivity index (χ3n) is 4.26. The molecule has 1 aliphatic heterocycles. The molecule has 1 aliphatic rings. The summed E-state index contributed by atoms with van der Waals surface area (Å²) in [6.45, 7) is 6.63. The zero-order chi connectivity index (χ0) is 17.3. The number of anilines is 1. The summed E-state index contributed by atoms with van der Waals surface area (Å²) in [5.41, 5.74) is 1.20. The molecule has 0 saturated carbocycles. The van der Waals surface area contributed by atoms with Crippen LogP contribution in [0, 0.1) is 0 Å². The number of piperidine rings is 1. The fourth-order valence-corrected chi connectivity index (χ4v) is 3.60. The Morgan fingerprint density at radius 1 is 1.24 bits per heavy atom. The molecule has 0 unspecified atom stereocenters. The molecule has 0 spiro atoms. The van der Waals surface area contributed by atoms with Crippen molar-refractivity contribution in [2.24, 2.45) is 4.99 Å². The average Bonchev–Trinajstić information content (AvgIpc) is 3.18. The molecule has 134 valence electrons. The molecule has 2 aromatic rings. The molecule has 0 aromatic carbocycles. The first-order valence-electron chi connectivity index (χ1n) is 9.09. The van der Waals surface area contributed by atoms with Gasteiger partial charge in [0.15, 0.2) is 5.96 Å². The van der Waals surface area contributed by atoms with Gasteiger partial charge in [-0.15, -0.1) is 11.3 Å². The van der Waals surface area contributed by atoms with Crippen LogP contribution in [0.15, 0.2) is 40.8 Å². The van der Waals surface area contributed by atoms with E-state index in [-0.39, 0.29) is 0 Å². The Morgan fingerprint density at radius 2 is 2.12 bits per heavy atom.